The lowest BCUT2D eigenvalue weighted by molar-refractivity contribution is -0.384. The first-order chi connectivity index (χ1) is 8.99. The molecule has 1 aliphatic rings. The standard InChI is InChI=1S/C14H21N3O2/c1-10-9-13(17(18)19)7-8-14(10)15-16-11(2)5-4-6-12(16)3/h7-9,11-12,15H,4-6H2,1-3H3. The Labute approximate surface area is 113 Å². The molecule has 1 aromatic carbocycles. The summed E-state index contributed by atoms with van der Waals surface area (Å²) in [6.45, 7) is 6.32. The maximum absolute atomic E-state index is 10.7. The van der Waals surface area contributed by atoms with Gasteiger partial charge in [0, 0.05) is 24.2 Å². The van der Waals surface area contributed by atoms with Gasteiger partial charge >= 0.3 is 0 Å². The summed E-state index contributed by atoms with van der Waals surface area (Å²) >= 11 is 0. The predicted octanol–water partition coefficient (Wildman–Crippen LogP) is 3.49. The lowest BCUT2D eigenvalue weighted by Crippen LogP contribution is -2.47. The van der Waals surface area contributed by atoms with E-state index in [1.807, 2.05) is 6.92 Å². The predicted molar refractivity (Wildman–Crippen MR) is 76.1 cm³/mol. The smallest absolute Gasteiger partial charge is 0.269 e. The average Bonchev–Trinajstić information content (AvgIpc) is 2.35. The highest BCUT2D eigenvalue weighted by Gasteiger charge is 2.25. The summed E-state index contributed by atoms with van der Waals surface area (Å²) in [7, 11) is 0. The number of aryl methyl sites for hydroxylation is 1. The molecule has 0 amide bonds. The fraction of sp³-hybridized carbons (Fsp3) is 0.571. The average molecular weight is 263 g/mol. The van der Waals surface area contributed by atoms with Crippen LogP contribution in [0.25, 0.3) is 0 Å². The highest BCUT2D eigenvalue weighted by Crippen LogP contribution is 2.26. The molecule has 0 radical (unpaired) electrons. The van der Waals surface area contributed by atoms with Crippen molar-refractivity contribution in [3.63, 3.8) is 0 Å². The van der Waals surface area contributed by atoms with E-state index in [2.05, 4.69) is 24.3 Å². The SMILES string of the molecule is Cc1cc([N+](=O)[O-])ccc1NN1C(C)CCCC1C. The van der Waals surface area contributed by atoms with Crippen LogP contribution in [0.2, 0.25) is 0 Å². The second-order valence-corrected chi connectivity index (χ2v) is 5.40. The minimum absolute atomic E-state index is 0.141. The Balaban J connectivity index is 2.16. The van der Waals surface area contributed by atoms with Crippen molar-refractivity contribution in [1.82, 2.24) is 5.01 Å². The number of rotatable bonds is 3. The van der Waals surface area contributed by atoms with Crippen LogP contribution in [0.1, 0.15) is 38.7 Å². The van der Waals surface area contributed by atoms with Crippen molar-refractivity contribution < 1.29 is 4.92 Å². The second kappa shape index (κ2) is 5.57. The van der Waals surface area contributed by atoms with Crippen LogP contribution >= 0.6 is 0 Å². The minimum Gasteiger partial charge on any atom is -0.318 e. The van der Waals surface area contributed by atoms with Crippen LogP contribution in [0.15, 0.2) is 18.2 Å². The summed E-state index contributed by atoms with van der Waals surface area (Å²) in [4.78, 5) is 10.4. The number of piperidine rings is 1. The zero-order valence-electron chi connectivity index (χ0n) is 11.7. The number of nitrogens with one attached hydrogen (secondary N) is 1. The van der Waals surface area contributed by atoms with Crippen molar-refractivity contribution in [1.29, 1.82) is 0 Å². The topological polar surface area (TPSA) is 58.4 Å². The van der Waals surface area contributed by atoms with Gasteiger partial charge in [-0.1, -0.05) is 6.42 Å². The number of hydrazine groups is 1. The molecule has 1 N–H and O–H groups in total. The number of nitrogens with zero attached hydrogens (tertiary/aromatic N) is 2. The van der Waals surface area contributed by atoms with Crippen LogP contribution in [0, 0.1) is 17.0 Å². The quantitative estimate of drug-likeness (QED) is 0.670. The normalized spacial score (nSPS) is 24.2. The van der Waals surface area contributed by atoms with E-state index in [1.54, 1.807) is 18.2 Å². The number of anilines is 1. The highest BCUT2D eigenvalue weighted by molar-refractivity contribution is 5.54. The molecular formula is C14H21N3O2. The van der Waals surface area contributed by atoms with E-state index in [1.165, 1.54) is 19.3 Å². The summed E-state index contributed by atoms with van der Waals surface area (Å²) < 4.78 is 0. The molecule has 1 aliphatic heterocycles. The molecule has 1 heterocycles. The van der Waals surface area contributed by atoms with Crippen molar-refractivity contribution in [3.8, 4) is 0 Å². The number of hydrogen-bond donors (Lipinski definition) is 1. The van der Waals surface area contributed by atoms with Crippen molar-refractivity contribution in [2.75, 3.05) is 5.43 Å². The van der Waals surface area contributed by atoms with E-state index in [-0.39, 0.29) is 10.6 Å². The Hall–Kier alpha value is -1.62. The molecule has 5 heteroatoms. The third-order valence-electron chi connectivity index (χ3n) is 3.86. The molecule has 0 spiro atoms. The molecule has 19 heavy (non-hydrogen) atoms. The van der Waals surface area contributed by atoms with Crippen LogP contribution in [-0.2, 0) is 0 Å². The summed E-state index contributed by atoms with van der Waals surface area (Å²) in [5, 5.41) is 13.0. The molecule has 1 saturated heterocycles. The Kier molecular flexibility index (Phi) is 4.04. The first kappa shape index (κ1) is 13.8. The minimum atomic E-state index is -0.358. The van der Waals surface area contributed by atoms with E-state index in [9.17, 15) is 10.1 Å². The van der Waals surface area contributed by atoms with Gasteiger partial charge in [-0.25, -0.2) is 5.01 Å². The van der Waals surface area contributed by atoms with Crippen LogP contribution in [-0.4, -0.2) is 22.0 Å². The number of hydrogen-bond acceptors (Lipinski definition) is 4. The Bertz CT molecular complexity index is 466. The molecule has 2 rings (SSSR count). The largest absolute Gasteiger partial charge is 0.318 e. The first-order valence-electron chi connectivity index (χ1n) is 6.79. The third kappa shape index (κ3) is 3.04. The van der Waals surface area contributed by atoms with Gasteiger partial charge in [-0.3, -0.25) is 10.1 Å². The summed E-state index contributed by atoms with van der Waals surface area (Å²) in [6.07, 6.45) is 3.63. The second-order valence-electron chi connectivity index (χ2n) is 5.40. The Morgan fingerprint density at radius 1 is 1.32 bits per heavy atom. The monoisotopic (exact) mass is 263 g/mol. The summed E-state index contributed by atoms with van der Waals surface area (Å²) in [5.41, 5.74) is 5.42. The van der Waals surface area contributed by atoms with Gasteiger partial charge < -0.3 is 5.43 Å². The van der Waals surface area contributed by atoms with Crippen LogP contribution in [0.3, 0.4) is 0 Å². The van der Waals surface area contributed by atoms with Crippen molar-refractivity contribution >= 4 is 11.4 Å². The number of nitro benzene ring substituents is 1. The van der Waals surface area contributed by atoms with Crippen molar-refractivity contribution in [2.45, 2.75) is 52.1 Å². The maximum Gasteiger partial charge on any atom is 0.269 e. The highest BCUT2D eigenvalue weighted by atomic mass is 16.6. The lowest BCUT2D eigenvalue weighted by Gasteiger charge is -2.39. The fourth-order valence-electron chi connectivity index (χ4n) is 2.67. The number of nitro groups is 1. The van der Waals surface area contributed by atoms with Crippen LogP contribution in [0.5, 0.6) is 0 Å². The van der Waals surface area contributed by atoms with Crippen LogP contribution < -0.4 is 5.43 Å². The van der Waals surface area contributed by atoms with Crippen molar-refractivity contribution in [2.24, 2.45) is 0 Å². The van der Waals surface area contributed by atoms with Crippen LogP contribution in [0.4, 0.5) is 11.4 Å². The number of benzene rings is 1. The molecule has 1 aromatic rings. The molecule has 5 nitrogen and oxygen atoms in total. The first-order valence-corrected chi connectivity index (χ1v) is 6.79. The zero-order valence-corrected chi connectivity index (χ0v) is 11.7. The summed E-state index contributed by atoms with van der Waals surface area (Å²) in [6, 6.07) is 5.93. The molecule has 104 valence electrons. The van der Waals surface area contributed by atoms with Gasteiger partial charge in [-0.15, -0.1) is 0 Å². The molecule has 0 aromatic heterocycles. The lowest BCUT2D eigenvalue weighted by atomic mass is 10.00. The molecule has 2 atom stereocenters. The molecule has 1 fully saturated rings. The molecule has 0 aliphatic carbocycles. The summed E-state index contributed by atoms with van der Waals surface area (Å²) in [5.74, 6) is 0. The van der Waals surface area contributed by atoms with Gasteiger partial charge in [0.1, 0.15) is 0 Å². The maximum atomic E-state index is 10.7. The van der Waals surface area contributed by atoms with Gasteiger partial charge in [0.15, 0.2) is 0 Å². The molecule has 2 unspecified atom stereocenters. The molecular weight excluding hydrogens is 242 g/mol. The van der Waals surface area contributed by atoms with Gasteiger partial charge in [0.05, 0.1) is 10.6 Å². The van der Waals surface area contributed by atoms with E-state index in [4.69, 9.17) is 0 Å². The third-order valence-corrected chi connectivity index (χ3v) is 3.86. The Morgan fingerprint density at radius 2 is 1.95 bits per heavy atom. The fourth-order valence-corrected chi connectivity index (χ4v) is 2.67. The van der Waals surface area contributed by atoms with Gasteiger partial charge in [0.2, 0.25) is 0 Å². The zero-order chi connectivity index (χ0) is 14.0. The number of non-ortho nitro benzene ring substituents is 1. The van der Waals surface area contributed by atoms with E-state index in [0.717, 1.165) is 11.3 Å². The molecule has 0 saturated carbocycles. The van der Waals surface area contributed by atoms with Gasteiger partial charge in [0.25, 0.3) is 5.69 Å². The Morgan fingerprint density at radius 3 is 2.47 bits per heavy atom. The van der Waals surface area contributed by atoms with Gasteiger partial charge in [-0.2, -0.15) is 0 Å². The van der Waals surface area contributed by atoms with Crippen molar-refractivity contribution in [3.05, 3.63) is 33.9 Å². The van der Waals surface area contributed by atoms with E-state index < -0.39 is 0 Å². The van der Waals surface area contributed by atoms with Gasteiger partial charge in [-0.05, 0) is 45.2 Å². The van der Waals surface area contributed by atoms with E-state index >= 15 is 0 Å². The van der Waals surface area contributed by atoms with E-state index in [0.29, 0.717) is 12.1 Å². The molecule has 0 bridgehead atoms.